The number of hydrogen-bond acceptors (Lipinski definition) is 4. The summed E-state index contributed by atoms with van der Waals surface area (Å²) in [5, 5.41) is 9.69. The Labute approximate surface area is 165 Å². The molecule has 0 aliphatic rings. The molecule has 0 saturated carbocycles. The minimum atomic E-state index is 0.0535. The molecule has 0 unspecified atom stereocenters. The van der Waals surface area contributed by atoms with Crippen LogP contribution in [0.25, 0.3) is 22.7 Å². The van der Waals surface area contributed by atoms with E-state index in [4.69, 9.17) is 9.47 Å². The largest absolute Gasteiger partial charge is 0.490 e. The maximum absolute atomic E-state index is 9.69. The molecule has 0 radical (unpaired) electrons. The zero-order valence-electron chi connectivity index (χ0n) is 17.0. The molecule has 0 saturated heterocycles. The monoisotopic (exact) mass is 375 g/mol. The summed E-state index contributed by atoms with van der Waals surface area (Å²) in [6.07, 6.45) is 1.86. The minimum absolute atomic E-state index is 0.0535. The number of aromatic amines is 1. The van der Waals surface area contributed by atoms with Gasteiger partial charge in [0.15, 0.2) is 11.5 Å². The number of ether oxygens (including phenoxy) is 2. The number of imidazole rings is 1. The summed E-state index contributed by atoms with van der Waals surface area (Å²) >= 11 is 0. The van der Waals surface area contributed by atoms with E-state index in [-0.39, 0.29) is 6.10 Å². The van der Waals surface area contributed by atoms with Crippen molar-refractivity contribution in [2.75, 3.05) is 6.61 Å². The first-order valence-corrected chi connectivity index (χ1v) is 9.44. The summed E-state index contributed by atoms with van der Waals surface area (Å²) in [4.78, 5) is 7.85. The number of H-pyrrole nitrogens is 1. The Balaban J connectivity index is 2.00. The summed E-state index contributed by atoms with van der Waals surface area (Å²) in [5.74, 6) is 1.92. The van der Waals surface area contributed by atoms with E-state index >= 15 is 0 Å². The molecule has 28 heavy (non-hydrogen) atoms. The molecular weight excluding hydrogens is 350 g/mol. The number of aryl methyl sites for hydroxylation is 2. The molecule has 1 N–H and O–H groups in total. The number of nitrogens with zero attached hydrogens (tertiary/aromatic N) is 2. The van der Waals surface area contributed by atoms with Gasteiger partial charge < -0.3 is 14.5 Å². The second-order valence-electron chi connectivity index (χ2n) is 7.01. The van der Waals surface area contributed by atoms with E-state index in [1.807, 2.05) is 45.0 Å². The first-order valence-electron chi connectivity index (χ1n) is 9.44. The van der Waals surface area contributed by atoms with Gasteiger partial charge in [-0.05, 0) is 81.7 Å². The van der Waals surface area contributed by atoms with Crippen molar-refractivity contribution in [3.05, 3.63) is 52.8 Å². The lowest BCUT2D eigenvalue weighted by Gasteiger charge is -2.15. The van der Waals surface area contributed by atoms with Gasteiger partial charge in [0.25, 0.3) is 0 Å². The molecule has 1 heterocycles. The lowest BCUT2D eigenvalue weighted by molar-refractivity contribution is 0.224. The first kappa shape index (κ1) is 19.5. The molecule has 0 bridgehead atoms. The Morgan fingerprint density at radius 2 is 1.93 bits per heavy atom. The van der Waals surface area contributed by atoms with Crippen molar-refractivity contribution in [3.8, 4) is 17.6 Å². The van der Waals surface area contributed by atoms with Crippen LogP contribution in [0.4, 0.5) is 0 Å². The van der Waals surface area contributed by atoms with E-state index in [9.17, 15) is 5.26 Å². The van der Waals surface area contributed by atoms with Gasteiger partial charge in [-0.25, -0.2) is 4.98 Å². The summed E-state index contributed by atoms with van der Waals surface area (Å²) in [6, 6.07) is 12.0. The molecule has 0 aliphatic carbocycles. The number of aromatic nitrogens is 2. The first-order chi connectivity index (χ1) is 13.4. The van der Waals surface area contributed by atoms with Crippen molar-refractivity contribution in [1.82, 2.24) is 9.97 Å². The molecular formula is C23H25N3O2. The fourth-order valence-corrected chi connectivity index (χ4v) is 2.95. The third-order valence-electron chi connectivity index (χ3n) is 4.41. The van der Waals surface area contributed by atoms with E-state index < -0.39 is 0 Å². The van der Waals surface area contributed by atoms with Crippen molar-refractivity contribution in [1.29, 1.82) is 5.26 Å². The van der Waals surface area contributed by atoms with Crippen LogP contribution >= 0.6 is 0 Å². The Bertz CT molecular complexity index is 1030. The normalized spacial score (nSPS) is 11.7. The number of rotatable bonds is 6. The number of allylic oxidation sites excluding steroid dienone is 1. The van der Waals surface area contributed by atoms with Gasteiger partial charge in [0, 0.05) is 0 Å². The van der Waals surface area contributed by atoms with E-state index in [1.165, 1.54) is 11.1 Å². The highest BCUT2D eigenvalue weighted by Crippen LogP contribution is 2.31. The van der Waals surface area contributed by atoms with E-state index in [1.54, 1.807) is 6.08 Å². The predicted molar refractivity (Wildman–Crippen MR) is 112 cm³/mol. The zero-order valence-corrected chi connectivity index (χ0v) is 17.0. The van der Waals surface area contributed by atoms with Gasteiger partial charge in [-0.3, -0.25) is 0 Å². The highest BCUT2D eigenvalue weighted by Gasteiger charge is 2.11. The quantitative estimate of drug-likeness (QED) is 0.583. The third-order valence-corrected chi connectivity index (χ3v) is 4.41. The van der Waals surface area contributed by atoms with E-state index in [0.29, 0.717) is 29.5 Å². The molecule has 2 aromatic carbocycles. The second-order valence-corrected chi connectivity index (χ2v) is 7.01. The number of benzene rings is 2. The van der Waals surface area contributed by atoms with E-state index in [2.05, 4.69) is 36.0 Å². The molecule has 5 nitrogen and oxygen atoms in total. The SMILES string of the molecule is CCOc1cc(C=C(C#N)c2nc3cc(C)c(C)cc3[nH]2)ccc1OC(C)C. The lowest BCUT2D eigenvalue weighted by Crippen LogP contribution is -2.07. The molecule has 0 fully saturated rings. The molecule has 1 aromatic heterocycles. The molecule has 0 spiro atoms. The number of hydrogen-bond donors (Lipinski definition) is 1. The van der Waals surface area contributed by atoms with Crippen molar-refractivity contribution in [3.63, 3.8) is 0 Å². The van der Waals surface area contributed by atoms with Gasteiger partial charge in [-0.2, -0.15) is 5.26 Å². The zero-order chi connectivity index (χ0) is 20.3. The van der Waals surface area contributed by atoms with Crippen LogP contribution in [0.3, 0.4) is 0 Å². The Hall–Kier alpha value is -3.26. The van der Waals surface area contributed by atoms with Crippen LogP contribution in [0.5, 0.6) is 11.5 Å². The van der Waals surface area contributed by atoms with Gasteiger partial charge >= 0.3 is 0 Å². The molecule has 3 aromatic rings. The van der Waals surface area contributed by atoms with Crippen LogP contribution in [-0.2, 0) is 0 Å². The lowest BCUT2D eigenvalue weighted by atomic mass is 10.1. The summed E-state index contributed by atoms with van der Waals surface area (Å²) in [5.41, 5.74) is 5.46. The number of fused-ring (bicyclic) bond motifs is 1. The van der Waals surface area contributed by atoms with Gasteiger partial charge in [-0.15, -0.1) is 0 Å². The summed E-state index contributed by atoms with van der Waals surface area (Å²) in [7, 11) is 0. The van der Waals surface area contributed by atoms with Crippen LogP contribution < -0.4 is 9.47 Å². The van der Waals surface area contributed by atoms with Gasteiger partial charge in [0.1, 0.15) is 11.9 Å². The summed E-state index contributed by atoms with van der Waals surface area (Å²) in [6.45, 7) is 10.5. The predicted octanol–water partition coefficient (Wildman–Crippen LogP) is 5.43. The second kappa shape index (κ2) is 8.18. The Morgan fingerprint density at radius 1 is 1.18 bits per heavy atom. The molecule has 5 heteroatoms. The van der Waals surface area contributed by atoms with Crippen LogP contribution in [0, 0.1) is 25.2 Å². The van der Waals surface area contributed by atoms with Crippen LogP contribution in [0.2, 0.25) is 0 Å². The molecule has 0 aliphatic heterocycles. The Kier molecular flexibility index (Phi) is 5.70. The van der Waals surface area contributed by atoms with Crippen molar-refractivity contribution in [2.24, 2.45) is 0 Å². The van der Waals surface area contributed by atoms with Crippen LogP contribution in [0.1, 0.15) is 43.3 Å². The maximum atomic E-state index is 9.69. The van der Waals surface area contributed by atoms with E-state index in [0.717, 1.165) is 16.6 Å². The third kappa shape index (κ3) is 4.17. The maximum Gasteiger partial charge on any atom is 0.161 e. The van der Waals surface area contributed by atoms with Gasteiger partial charge in [0.2, 0.25) is 0 Å². The smallest absolute Gasteiger partial charge is 0.161 e. The highest BCUT2D eigenvalue weighted by atomic mass is 16.5. The van der Waals surface area contributed by atoms with Crippen molar-refractivity contribution >= 4 is 22.7 Å². The fraction of sp³-hybridized carbons (Fsp3) is 0.304. The van der Waals surface area contributed by atoms with Crippen molar-refractivity contribution < 1.29 is 9.47 Å². The van der Waals surface area contributed by atoms with Gasteiger partial charge in [-0.1, -0.05) is 6.07 Å². The number of nitriles is 1. The molecule has 144 valence electrons. The van der Waals surface area contributed by atoms with Crippen LogP contribution in [-0.4, -0.2) is 22.7 Å². The molecule has 3 rings (SSSR count). The average molecular weight is 375 g/mol. The summed E-state index contributed by atoms with van der Waals surface area (Å²) < 4.78 is 11.5. The van der Waals surface area contributed by atoms with Crippen molar-refractivity contribution in [2.45, 2.75) is 40.7 Å². The fourth-order valence-electron chi connectivity index (χ4n) is 2.95. The highest BCUT2D eigenvalue weighted by molar-refractivity contribution is 5.90. The minimum Gasteiger partial charge on any atom is -0.490 e. The van der Waals surface area contributed by atoms with Gasteiger partial charge in [0.05, 0.1) is 29.3 Å². The topological polar surface area (TPSA) is 70.9 Å². The standard InChI is InChI=1S/C23H25N3O2/c1-6-27-22-12-17(7-8-21(22)28-14(2)3)11-18(13-24)23-25-19-9-15(4)16(5)10-20(19)26-23/h7-12,14H,6H2,1-5H3,(H,25,26). The molecule has 0 amide bonds. The molecule has 0 atom stereocenters. The van der Waals surface area contributed by atoms with Crippen LogP contribution in [0.15, 0.2) is 30.3 Å². The number of nitrogens with one attached hydrogen (secondary N) is 1. The Morgan fingerprint density at radius 3 is 2.61 bits per heavy atom. The average Bonchev–Trinajstić information content (AvgIpc) is 3.04.